The summed E-state index contributed by atoms with van der Waals surface area (Å²) in [4.78, 5) is 14.2. The lowest BCUT2D eigenvalue weighted by molar-refractivity contribution is 0.184. The second kappa shape index (κ2) is 8.57. The van der Waals surface area contributed by atoms with Crippen molar-refractivity contribution in [2.45, 2.75) is 4.90 Å². The largest absolute Gasteiger partial charge is 0.497 e. The highest BCUT2D eigenvalue weighted by Crippen LogP contribution is 2.25. The molecule has 1 aliphatic rings. The molecule has 0 atom stereocenters. The van der Waals surface area contributed by atoms with E-state index < -0.39 is 10.0 Å². The fourth-order valence-corrected chi connectivity index (χ4v) is 4.53. The molecule has 0 spiro atoms. The molecule has 3 rings (SSSR count). The number of carbonyl (C=O) groups excluding carboxylic acids is 1. The number of halogens is 2. The number of nitrogens with zero attached hydrogens (tertiary/aromatic N) is 2. The molecule has 28 heavy (non-hydrogen) atoms. The highest BCUT2D eigenvalue weighted by molar-refractivity contribution is 7.89. The number of ether oxygens (including phenoxy) is 1. The lowest BCUT2D eigenvalue weighted by Gasteiger charge is -2.34. The number of carbonyl (C=O) groups is 1. The molecule has 2 amide bonds. The molecule has 0 aromatic heterocycles. The summed E-state index contributed by atoms with van der Waals surface area (Å²) >= 11 is 11.8. The Morgan fingerprint density at radius 1 is 1.00 bits per heavy atom. The maximum atomic E-state index is 12.8. The number of piperazine rings is 1. The van der Waals surface area contributed by atoms with Crippen LogP contribution in [-0.4, -0.2) is 56.9 Å². The first kappa shape index (κ1) is 20.7. The first-order chi connectivity index (χ1) is 13.3. The van der Waals surface area contributed by atoms with Crippen LogP contribution in [0, 0.1) is 0 Å². The van der Waals surface area contributed by atoms with Gasteiger partial charge in [0, 0.05) is 31.9 Å². The van der Waals surface area contributed by atoms with Gasteiger partial charge in [-0.05, 0) is 42.5 Å². The van der Waals surface area contributed by atoms with Crippen LogP contribution in [-0.2, 0) is 10.0 Å². The third-order valence-electron chi connectivity index (χ3n) is 4.39. The van der Waals surface area contributed by atoms with Crippen LogP contribution in [0.25, 0.3) is 0 Å². The van der Waals surface area contributed by atoms with E-state index in [2.05, 4.69) is 5.32 Å². The van der Waals surface area contributed by atoms with Crippen molar-refractivity contribution in [3.63, 3.8) is 0 Å². The number of amides is 2. The average Bonchev–Trinajstić information content (AvgIpc) is 2.71. The lowest BCUT2D eigenvalue weighted by atomic mass is 10.3. The van der Waals surface area contributed by atoms with Crippen LogP contribution in [0.3, 0.4) is 0 Å². The van der Waals surface area contributed by atoms with E-state index in [0.717, 1.165) is 0 Å². The number of benzene rings is 2. The molecule has 1 heterocycles. The van der Waals surface area contributed by atoms with E-state index in [9.17, 15) is 13.2 Å². The van der Waals surface area contributed by atoms with Crippen LogP contribution in [0.1, 0.15) is 0 Å². The maximum Gasteiger partial charge on any atom is 0.321 e. The lowest BCUT2D eigenvalue weighted by Crippen LogP contribution is -2.51. The number of hydrogen-bond acceptors (Lipinski definition) is 4. The number of anilines is 1. The molecule has 0 bridgehead atoms. The summed E-state index contributed by atoms with van der Waals surface area (Å²) in [5.41, 5.74) is 0.521. The predicted molar refractivity (Wildman–Crippen MR) is 109 cm³/mol. The van der Waals surface area contributed by atoms with E-state index >= 15 is 0 Å². The smallest absolute Gasteiger partial charge is 0.321 e. The Kier molecular flexibility index (Phi) is 6.34. The van der Waals surface area contributed by atoms with Crippen LogP contribution >= 0.6 is 23.2 Å². The van der Waals surface area contributed by atoms with Gasteiger partial charge < -0.3 is 15.0 Å². The quantitative estimate of drug-likeness (QED) is 0.783. The van der Waals surface area contributed by atoms with Crippen molar-refractivity contribution in [2.24, 2.45) is 0 Å². The summed E-state index contributed by atoms with van der Waals surface area (Å²) in [5.74, 6) is 0.586. The summed E-state index contributed by atoms with van der Waals surface area (Å²) in [7, 11) is -2.10. The SMILES string of the molecule is COc1ccc(S(=O)(=O)N2CCN(C(=O)Nc3ccc(Cl)c(Cl)c3)CC2)cc1. The summed E-state index contributed by atoms with van der Waals surface area (Å²) in [6.07, 6.45) is 0. The van der Waals surface area contributed by atoms with Gasteiger partial charge in [0.1, 0.15) is 5.75 Å². The third-order valence-corrected chi connectivity index (χ3v) is 7.05. The second-order valence-corrected chi connectivity index (χ2v) is 8.88. The normalized spacial score (nSPS) is 15.3. The van der Waals surface area contributed by atoms with Crippen molar-refractivity contribution >= 4 is 44.9 Å². The molecule has 1 N–H and O–H groups in total. The zero-order valence-electron chi connectivity index (χ0n) is 15.1. The van der Waals surface area contributed by atoms with Gasteiger partial charge in [-0.1, -0.05) is 23.2 Å². The first-order valence-corrected chi connectivity index (χ1v) is 10.7. The summed E-state index contributed by atoms with van der Waals surface area (Å²) in [6, 6.07) is 10.7. The number of hydrogen-bond donors (Lipinski definition) is 1. The van der Waals surface area contributed by atoms with E-state index in [-0.39, 0.29) is 37.1 Å². The molecule has 0 saturated carbocycles. The standard InChI is InChI=1S/C18H19Cl2N3O4S/c1-27-14-3-5-15(6-4-14)28(25,26)23-10-8-22(9-11-23)18(24)21-13-2-7-16(19)17(20)12-13/h2-7,12H,8-11H2,1H3,(H,21,24). The third kappa shape index (κ3) is 4.52. The molecule has 2 aromatic rings. The Bertz CT molecular complexity index is 959. The number of nitrogens with one attached hydrogen (secondary N) is 1. The number of methoxy groups -OCH3 is 1. The number of rotatable bonds is 4. The predicted octanol–water partition coefficient (Wildman–Crippen LogP) is 3.54. The van der Waals surface area contributed by atoms with E-state index in [4.69, 9.17) is 27.9 Å². The Balaban J connectivity index is 1.61. The molecule has 150 valence electrons. The van der Waals surface area contributed by atoms with E-state index in [1.165, 1.54) is 23.5 Å². The van der Waals surface area contributed by atoms with Crippen LogP contribution in [0.5, 0.6) is 5.75 Å². The molecule has 0 radical (unpaired) electrons. The van der Waals surface area contributed by atoms with Crippen molar-refractivity contribution in [1.82, 2.24) is 9.21 Å². The van der Waals surface area contributed by atoms with E-state index in [0.29, 0.717) is 21.5 Å². The van der Waals surface area contributed by atoms with Crippen molar-refractivity contribution in [3.05, 3.63) is 52.5 Å². The minimum absolute atomic E-state index is 0.196. The molecule has 1 aliphatic heterocycles. The van der Waals surface area contributed by atoms with Crippen molar-refractivity contribution in [3.8, 4) is 5.75 Å². The molecule has 1 fully saturated rings. The van der Waals surface area contributed by atoms with Crippen molar-refractivity contribution in [2.75, 3.05) is 38.6 Å². The van der Waals surface area contributed by atoms with E-state index in [1.54, 1.807) is 35.2 Å². The monoisotopic (exact) mass is 443 g/mol. The summed E-state index contributed by atoms with van der Waals surface area (Å²) in [6.45, 7) is 0.984. The van der Waals surface area contributed by atoms with Crippen LogP contribution < -0.4 is 10.1 Å². The van der Waals surface area contributed by atoms with Gasteiger partial charge in [-0.2, -0.15) is 4.31 Å². The summed E-state index contributed by atoms with van der Waals surface area (Å²) in [5, 5.41) is 3.48. The second-order valence-electron chi connectivity index (χ2n) is 6.13. The van der Waals surface area contributed by atoms with Gasteiger partial charge in [0.2, 0.25) is 10.0 Å². The maximum absolute atomic E-state index is 12.8. The molecule has 2 aromatic carbocycles. The average molecular weight is 444 g/mol. The number of urea groups is 1. The molecule has 0 aliphatic carbocycles. The van der Waals surface area contributed by atoms with Gasteiger partial charge in [-0.3, -0.25) is 0 Å². The van der Waals surface area contributed by atoms with Crippen LogP contribution in [0.4, 0.5) is 10.5 Å². The van der Waals surface area contributed by atoms with Crippen LogP contribution in [0.2, 0.25) is 10.0 Å². The minimum Gasteiger partial charge on any atom is -0.497 e. The zero-order valence-corrected chi connectivity index (χ0v) is 17.4. The molecule has 10 heteroatoms. The van der Waals surface area contributed by atoms with Gasteiger partial charge in [-0.25, -0.2) is 13.2 Å². The fraction of sp³-hybridized carbons (Fsp3) is 0.278. The van der Waals surface area contributed by atoms with Gasteiger partial charge in [0.25, 0.3) is 0 Å². The minimum atomic E-state index is -3.62. The van der Waals surface area contributed by atoms with Crippen LogP contribution in [0.15, 0.2) is 47.4 Å². The van der Waals surface area contributed by atoms with Crippen molar-refractivity contribution < 1.29 is 17.9 Å². The first-order valence-electron chi connectivity index (χ1n) is 8.46. The van der Waals surface area contributed by atoms with E-state index in [1.807, 2.05) is 0 Å². The molecular formula is C18H19Cl2N3O4S. The van der Waals surface area contributed by atoms with Gasteiger partial charge >= 0.3 is 6.03 Å². The van der Waals surface area contributed by atoms with Gasteiger partial charge in [0.05, 0.1) is 22.1 Å². The molecular weight excluding hydrogens is 425 g/mol. The Morgan fingerprint density at radius 2 is 1.64 bits per heavy atom. The van der Waals surface area contributed by atoms with Gasteiger partial charge in [0.15, 0.2) is 0 Å². The topological polar surface area (TPSA) is 79.0 Å². The molecule has 0 unspecified atom stereocenters. The Labute approximate surface area is 173 Å². The highest BCUT2D eigenvalue weighted by Gasteiger charge is 2.30. The summed E-state index contributed by atoms with van der Waals surface area (Å²) < 4.78 is 32.0. The number of sulfonamides is 1. The molecule has 7 nitrogen and oxygen atoms in total. The molecule has 1 saturated heterocycles. The fourth-order valence-electron chi connectivity index (χ4n) is 2.80. The highest BCUT2D eigenvalue weighted by atomic mass is 35.5. The van der Waals surface area contributed by atoms with Gasteiger partial charge in [-0.15, -0.1) is 0 Å². The van der Waals surface area contributed by atoms with Crippen molar-refractivity contribution in [1.29, 1.82) is 0 Å². The Morgan fingerprint density at radius 3 is 2.21 bits per heavy atom. The Hall–Kier alpha value is -2.00. The zero-order chi connectivity index (χ0) is 20.3.